The molecule has 36 heavy (non-hydrogen) atoms. The first-order valence-electron chi connectivity index (χ1n) is 11.1. The van der Waals surface area contributed by atoms with Crippen molar-refractivity contribution < 1.29 is 43.0 Å². The molecule has 0 atom stereocenters. The largest absolute Gasteiger partial charge is 0.510 e. The lowest BCUT2D eigenvalue weighted by molar-refractivity contribution is -0.385. The average Bonchev–Trinajstić information content (AvgIpc) is 3.30. The molecule has 0 amide bonds. The fraction of sp³-hybridized carbons (Fsp3) is 0.500. The molecule has 14 nitrogen and oxygen atoms in total. The second-order valence-electron chi connectivity index (χ2n) is 7.23. The molecule has 0 saturated carbocycles. The van der Waals surface area contributed by atoms with Gasteiger partial charge in [0.15, 0.2) is 17.2 Å². The minimum Gasteiger partial charge on any atom is -0.493 e. The van der Waals surface area contributed by atoms with Gasteiger partial charge in [0.25, 0.3) is 5.69 Å². The molecule has 0 radical (unpaired) electrons. The van der Waals surface area contributed by atoms with Crippen LogP contribution in [0.15, 0.2) is 12.1 Å². The molecule has 2 aromatic rings. The standard InChI is InChI=1S/C22H28N4O10/c1-5-7-8-9-10-35-22(29)36-13-25-23-18(19(24-25)21(28)34-6-2)20(27)14-11-16(32-3)17(33-4)12-15(14)26(30)31/h11-12H,5-10,13H2,1-4H3. The molecule has 0 saturated heterocycles. The predicted octanol–water partition coefficient (Wildman–Crippen LogP) is 3.30. The third-order valence-electron chi connectivity index (χ3n) is 4.80. The number of hydrogen-bond acceptors (Lipinski definition) is 12. The zero-order valence-electron chi connectivity index (χ0n) is 20.5. The Balaban J connectivity index is 2.33. The highest BCUT2D eigenvalue weighted by Crippen LogP contribution is 2.35. The van der Waals surface area contributed by atoms with Gasteiger partial charge in [0.1, 0.15) is 5.56 Å². The first-order chi connectivity index (χ1) is 17.3. The monoisotopic (exact) mass is 508 g/mol. The van der Waals surface area contributed by atoms with E-state index < -0.39 is 52.2 Å². The SMILES string of the molecule is CCCCCCOC(=O)OCn1nc(C(=O)OCC)c(C(=O)c2cc(OC)c(OC)cc2[N+](=O)[O-])n1. The van der Waals surface area contributed by atoms with Crippen molar-refractivity contribution in [2.75, 3.05) is 27.4 Å². The van der Waals surface area contributed by atoms with Gasteiger partial charge >= 0.3 is 12.1 Å². The maximum atomic E-state index is 13.3. The van der Waals surface area contributed by atoms with Gasteiger partial charge in [-0.1, -0.05) is 26.2 Å². The second kappa shape index (κ2) is 13.6. The number of carbonyl (C=O) groups is 3. The zero-order valence-corrected chi connectivity index (χ0v) is 20.5. The molecular weight excluding hydrogens is 480 g/mol. The van der Waals surface area contributed by atoms with E-state index in [2.05, 4.69) is 17.1 Å². The van der Waals surface area contributed by atoms with Gasteiger partial charge in [-0.2, -0.15) is 0 Å². The Morgan fingerprint density at radius 1 is 0.944 bits per heavy atom. The number of benzene rings is 1. The van der Waals surface area contributed by atoms with Crippen LogP contribution in [0.4, 0.5) is 10.5 Å². The van der Waals surface area contributed by atoms with Crippen LogP contribution < -0.4 is 9.47 Å². The summed E-state index contributed by atoms with van der Waals surface area (Å²) in [6.07, 6.45) is 2.65. The smallest absolute Gasteiger partial charge is 0.493 e. The van der Waals surface area contributed by atoms with Crippen molar-refractivity contribution in [2.24, 2.45) is 0 Å². The van der Waals surface area contributed by atoms with Gasteiger partial charge < -0.3 is 23.7 Å². The molecule has 1 aromatic heterocycles. The number of unbranched alkanes of at least 4 members (excludes halogenated alkanes) is 3. The van der Waals surface area contributed by atoms with Crippen LogP contribution in [0.3, 0.4) is 0 Å². The molecule has 196 valence electrons. The van der Waals surface area contributed by atoms with Crippen LogP contribution in [0.1, 0.15) is 66.1 Å². The first-order valence-corrected chi connectivity index (χ1v) is 11.1. The maximum Gasteiger partial charge on any atom is 0.510 e. The van der Waals surface area contributed by atoms with E-state index in [4.69, 9.17) is 23.7 Å². The lowest BCUT2D eigenvalue weighted by atomic mass is 10.0. The Kier molecular flexibility index (Phi) is 10.6. The molecule has 0 spiro atoms. The van der Waals surface area contributed by atoms with Gasteiger partial charge in [-0.3, -0.25) is 14.9 Å². The number of nitro groups is 1. The van der Waals surface area contributed by atoms with Crippen LogP contribution in [-0.2, 0) is 20.9 Å². The minimum atomic E-state index is -1.00. The molecule has 14 heteroatoms. The number of nitro benzene ring substituents is 1. The number of rotatable bonds is 14. The topological polar surface area (TPSA) is 171 Å². The molecule has 0 aliphatic heterocycles. The fourth-order valence-electron chi connectivity index (χ4n) is 3.06. The van der Waals surface area contributed by atoms with E-state index in [0.717, 1.165) is 36.2 Å². The number of esters is 1. The van der Waals surface area contributed by atoms with E-state index in [1.165, 1.54) is 14.2 Å². The first kappa shape index (κ1) is 28.0. The normalized spacial score (nSPS) is 10.4. The summed E-state index contributed by atoms with van der Waals surface area (Å²) in [5.74, 6) is -1.93. The van der Waals surface area contributed by atoms with Crippen LogP contribution >= 0.6 is 0 Å². The molecule has 0 aliphatic rings. The number of hydrogen-bond donors (Lipinski definition) is 0. The lowest BCUT2D eigenvalue weighted by Gasteiger charge is -2.09. The number of methoxy groups -OCH3 is 2. The minimum absolute atomic E-state index is 0.0247. The second-order valence-corrected chi connectivity index (χ2v) is 7.23. The number of nitrogens with zero attached hydrogens (tertiary/aromatic N) is 4. The van der Waals surface area contributed by atoms with Crippen molar-refractivity contribution >= 4 is 23.6 Å². The molecule has 1 aromatic carbocycles. The third kappa shape index (κ3) is 7.13. The summed E-state index contributed by atoms with van der Waals surface area (Å²) in [6.45, 7) is 3.16. The van der Waals surface area contributed by atoms with Crippen molar-refractivity contribution in [1.82, 2.24) is 15.0 Å². The average molecular weight is 508 g/mol. The summed E-state index contributed by atoms with van der Waals surface area (Å²) in [6, 6.07) is 2.11. The summed E-state index contributed by atoms with van der Waals surface area (Å²) in [5.41, 5.74) is -2.09. The van der Waals surface area contributed by atoms with Gasteiger partial charge in [-0.05, 0) is 13.3 Å². The van der Waals surface area contributed by atoms with Crippen LogP contribution in [0.2, 0.25) is 0 Å². The van der Waals surface area contributed by atoms with Crippen molar-refractivity contribution in [1.29, 1.82) is 0 Å². The summed E-state index contributed by atoms with van der Waals surface area (Å²) in [4.78, 5) is 49.1. The van der Waals surface area contributed by atoms with Crippen molar-refractivity contribution in [3.8, 4) is 11.5 Å². The van der Waals surface area contributed by atoms with Crippen molar-refractivity contribution in [2.45, 2.75) is 46.3 Å². The van der Waals surface area contributed by atoms with E-state index in [9.17, 15) is 24.5 Å². The number of ketones is 1. The van der Waals surface area contributed by atoms with Gasteiger partial charge in [-0.25, -0.2) is 9.59 Å². The van der Waals surface area contributed by atoms with E-state index in [1.54, 1.807) is 6.92 Å². The molecule has 2 rings (SSSR count). The van der Waals surface area contributed by atoms with E-state index in [0.29, 0.717) is 6.42 Å². The van der Waals surface area contributed by atoms with Crippen LogP contribution in [-0.4, -0.2) is 65.3 Å². The molecule has 0 unspecified atom stereocenters. The summed E-state index contributed by atoms with van der Waals surface area (Å²) >= 11 is 0. The Hall–Kier alpha value is -4.23. The van der Waals surface area contributed by atoms with Crippen molar-refractivity contribution in [3.05, 3.63) is 39.2 Å². The highest BCUT2D eigenvalue weighted by molar-refractivity contribution is 6.14. The maximum absolute atomic E-state index is 13.3. The molecule has 1 heterocycles. The Bertz CT molecular complexity index is 1100. The molecule has 0 fully saturated rings. The number of aromatic nitrogens is 3. The lowest BCUT2D eigenvalue weighted by Crippen LogP contribution is -2.14. The Morgan fingerprint density at radius 3 is 2.22 bits per heavy atom. The highest BCUT2D eigenvalue weighted by atomic mass is 16.7. The van der Waals surface area contributed by atoms with Crippen LogP contribution in [0.25, 0.3) is 0 Å². The quantitative estimate of drug-likeness (QED) is 0.120. The third-order valence-corrected chi connectivity index (χ3v) is 4.80. The summed E-state index contributed by atoms with van der Waals surface area (Å²) in [7, 11) is 2.57. The van der Waals surface area contributed by atoms with Crippen molar-refractivity contribution in [3.63, 3.8) is 0 Å². The predicted molar refractivity (Wildman–Crippen MR) is 122 cm³/mol. The highest BCUT2D eigenvalue weighted by Gasteiger charge is 2.32. The van der Waals surface area contributed by atoms with Crippen LogP contribution in [0, 0.1) is 10.1 Å². The van der Waals surface area contributed by atoms with Gasteiger partial charge in [0, 0.05) is 6.07 Å². The van der Waals surface area contributed by atoms with E-state index in [1.807, 2.05) is 0 Å². The Labute approximate surface area is 206 Å². The van der Waals surface area contributed by atoms with Gasteiger partial charge in [-0.15, -0.1) is 15.0 Å². The number of ether oxygens (including phenoxy) is 5. The molecule has 0 N–H and O–H groups in total. The summed E-state index contributed by atoms with van der Waals surface area (Å²) < 4.78 is 25.0. The molecule has 0 bridgehead atoms. The number of carbonyl (C=O) groups excluding carboxylic acids is 3. The van der Waals surface area contributed by atoms with Gasteiger partial charge in [0.2, 0.25) is 18.2 Å². The van der Waals surface area contributed by atoms with E-state index in [-0.39, 0.29) is 24.7 Å². The molecular formula is C22H28N4O10. The van der Waals surface area contributed by atoms with Gasteiger partial charge in [0.05, 0.1) is 38.4 Å². The fourth-order valence-corrected chi connectivity index (χ4v) is 3.06. The Morgan fingerprint density at radius 2 is 1.61 bits per heavy atom. The van der Waals surface area contributed by atoms with Crippen LogP contribution in [0.5, 0.6) is 11.5 Å². The van der Waals surface area contributed by atoms with E-state index >= 15 is 0 Å². The molecule has 0 aliphatic carbocycles. The zero-order chi connectivity index (χ0) is 26.7. The summed E-state index contributed by atoms with van der Waals surface area (Å²) in [5, 5.41) is 19.4.